The highest BCUT2D eigenvalue weighted by molar-refractivity contribution is 7.89. The summed E-state index contributed by atoms with van der Waals surface area (Å²) in [7, 11) is -3.69. The zero-order valence-corrected chi connectivity index (χ0v) is 16.5. The molecule has 0 aliphatic carbocycles. The van der Waals surface area contributed by atoms with Crippen molar-refractivity contribution in [3.8, 4) is 0 Å². The number of sulfonamides is 1. The highest BCUT2D eigenvalue weighted by Gasteiger charge is 2.33. The molecule has 0 spiro atoms. The predicted octanol–water partition coefficient (Wildman–Crippen LogP) is 2.89. The minimum Gasteiger partial charge on any atom is -0.377 e. The molecule has 1 aromatic carbocycles. The summed E-state index contributed by atoms with van der Waals surface area (Å²) in [5.41, 5.74) is 1.70. The monoisotopic (exact) mass is 390 g/mol. The molecule has 2 aromatic rings. The molecule has 2 aliphatic rings. The lowest BCUT2D eigenvalue weighted by atomic mass is 10.1. The highest BCUT2D eigenvalue weighted by atomic mass is 32.2. The van der Waals surface area contributed by atoms with Crippen molar-refractivity contribution in [2.75, 3.05) is 26.3 Å². The second-order valence-corrected chi connectivity index (χ2v) is 9.28. The number of ether oxygens (including phenoxy) is 2. The molecule has 6 nitrogen and oxygen atoms in total. The van der Waals surface area contributed by atoms with Gasteiger partial charge in [0.05, 0.1) is 22.6 Å². The van der Waals surface area contributed by atoms with Crippen molar-refractivity contribution < 1.29 is 17.9 Å². The van der Waals surface area contributed by atoms with Gasteiger partial charge in [0.25, 0.3) is 0 Å². The Kier molecular flexibility index (Phi) is 5.45. The minimum atomic E-state index is -3.69. The lowest BCUT2D eigenvalue weighted by Gasteiger charge is -2.27. The summed E-state index contributed by atoms with van der Waals surface area (Å²) in [6, 6.07) is 7.15. The lowest BCUT2D eigenvalue weighted by molar-refractivity contribution is 0.0649. The zero-order valence-electron chi connectivity index (χ0n) is 15.6. The van der Waals surface area contributed by atoms with Crippen LogP contribution in [0.1, 0.15) is 31.2 Å². The molecular formula is C20H26N2O4S. The van der Waals surface area contributed by atoms with E-state index in [0.717, 1.165) is 36.8 Å². The summed E-state index contributed by atoms with van der Waals surface area (Å²) >= 11 is 0. The molecule has 0 unspecified atom stereocenters. The Morgan fingerprint density at radius 3 is 2.33 bits per heavy atom. The SMILES string of the molecule is Cc1ccc(S(=O)(=O)N(C[C@H]2CCCO2)C[C@H]2CCCO2)c2cccnc12. The number of hydrogen-bond acceptors (Lipinski definition) is 5. The number of nitrogens with zero attached hydrogens (tertiary/aromatic N) is 2. The first-order valence-corrected chi connectivity index (χ1v) is 11.1. The Bertz CT molecular complexity index is 885. The van der Waals surface area contributed by atoms with Crippen LogP contribution in [0, 0.1) is 6.92 Å². The normalized spacial score (nSPS) is 23.5. The van der Waals surface area contributed by atoms with Gasteiger partial charge in [-0.2, -0.15) is 4.31 Å². The Morgan fingerprint density at radius 1 is 1.07 bits per heavy atom. The quantitative estimate of drug-likeness (QED) is 0.759. The fourth-order valence-corrected chi connectivity index (χ4v) is 5.64. The summed E-state index contributed by atoms with van der Waals surface area (Å²) in [6.45, 7) is 4.10. The van der Waals surface area contributed by atoms with Gasteiger partial charge in [0.15, 0.2) is 0 Å². The van der Waals surface area contributed by atoms with Crippen molar-refractivity contribution in [3.05, 3.63) is 36.0 Å². The number of hydrogen-bond donors (Lipinski definition) is 0. The molecule has 0 radical (unpaired) electrons. The third-order valence-corrected chi connectivity index (χ3v) is 7.30. The van der Waals surface area contributed by atoms with Crippen LogP contribution in [0.4, 0.5) is 0 Å². The first-order valence-electron chi connectivity index (χ1n) is 9.63. The maximum Gasteiger partial charge on any atom is 0.243 e. The second-order valence-electron chi connectivity index (χ2n) is 7.37. The average molecular weight is 391 g/mol. The van der Waals surface area contributed by atoms with Gasteiger partial charge in [0.1, 0.15) is 0 Å². The van der Waals surface area contributed by atoms with E-state index in [2.05, 4.69) is 4.98 Å². The lowest BCUT2D eigenvalue weighted by Crippen LogP contribution is -2.42. The van der Waals surface area contributed by atoms with Crippen molar-refractivity contribution in [1.82, 2.24) is 9.29 Å². The van der Waals surface area contributed by atoms with Gasteiger partial charge in [-0.3, -0.25) is 4.98 Å². The zero-order chi connectivity index (χ0) is 18.9. The number of rotatable bonds is 6. The van der Waals surface area contributed by atoms with E-state index in [0.29, 0.717) is 36.6 Å². The topological polar surface area (TPSA) is 68.7 Å². The molecule has 146 valence electrons. The van der Waals surface area contributed by atoms with Crippen molar-refractivity contribution in [2.45, 2.75) is 49.7 Å². The molecule has 2 aliphatic heterocycles. The van der Waals surface area contributed by atoms with Crippen LogP contribution in [-0.4, -0.2) is 56.2 Å². The summed E-state index contributed by atoms with van der Waals surface area (Å²) in [4.78, 5) is 4.70. The molecule has 3 heterocycles. The average Bonchev–Trinajstić information content (AvgIpc) is 3.35. The summed E-state index contributed by atoms with van der Waals surface area (Å²) in [5, 5.41) is 0.669. The van der Waals surface area contributed by atoms with Crippen molar-refractivity contribution in [3.63, 3.8) is 0 Å². The van der Waals surface area contributed by atoms with Gasteiger partial charge in [-0.15, -0.1) is 0 Å². The Hall–Kier alpha value is -1.54. The minimum absolute atomic E-state index is 0.0454. The molecule has 27 heavy (non-hydrogen) atoms. The van der Waals surface area contributed by atoms with Crippen LogP contribution < -0.4 is 0 Å². The number of benzene rings is 1. The molecule has 2 saturated heterocycles. The molecule has 7 heteroatoms. The van der Waals surface area contributed by atoms with Gasteiger partial charge >= 0.3 is 0 Å². The fourth-order valence-electron chi connectivity index (χ4n) is 3.95. The Morgan fingerprint density at radius 2 is 1.74 bits per heavy atom. The van der Waals surface area contributed by atoms with Crippen LogP contribution in [0.15, 0.2) is 35.4 Å². The van der Waals surface area contributed by atoms with Crippen LogP contribution in [-0.2, 0) is 19.5 Å². The van der Waals surface area contributed by atoms with Crippen molar-refractivity contribution in [2.24, 2.45) is 0 Å². The smallest absolute Gasteiger partial charge is 0.243 e. The maximum atomic E-state index is 13.6. The molecular weight excluding hydrogens is 364 g/mol. The summed E-state index contributed by atoms with van der Waals surface area (Å²) in [5.74, 6) is 0. The van der Waals surface area contributed by atoms with E-state index in [1.807, 2.05) is 19.1 Å². The van der Waals surface area contributed by atoms with Crippen LogP contribution in [0.25, 0.3) is 10.9 Å². The van der Waals surface area contributed by atoms with E-state index in [9.17, 15) is 8.42 Å². The fraction of sp³-hybridized carbons (Fsp3) is 0.550. The molecule has 0 saturated carbocycles. The van der Waals surface area contributed by atoms with Crippen molar-refractivity contribution in [1.29, 1.82) is 0 Å². The van der Waals surface area contributed by atoms with Gasteiger partial charge in [-0.05, 0) is 56.4 Å². The van der Waals surface area contributed by atoms with E-state index in [-0.39, 0.29) is 12.2 Å². The van der Waals surface area contributed by atoms with E-state index in [1.54, 1.807) is 22.6 Å². The van der Waals surface area contributed by atoms with E-state index < -0.39 is 10.0 Å². The Balaban J connectivity index is 1.71. The van der Waals surface area contributed by atoms with E-state index in [4.69, 9.17) is 9.47 Å². The predicted molar refractivity (Wildman–Crippen MR) is 103 cm³/mol. The molecule has 0 bridgehead atoms. The maximum absolute atomic E-state index is 13.6. The number of pyridine rings is 1. The molecule has 0 amide bonds. The highest BCUT2D eigenvalue weighted by Crippen LogP contribution is 2.29. The van der Waals surface area contributed by atoms with E-state index >= 15 is 0 Å². The number of aromatic nitrogens is 1. The summed E-state index contributed by atoms with van der Waals surface area (Å²) in [6.07, 6.45) is 5.36. The van der Waals surface area contributed by atoms with Crippen LogP contribution >= 0.6 is 0 Å². The third-order valence-electron chi connectivity index (χ3n) is 5.41. The van der Waals surface area contributed by atoms with Crippen LogP contribution in [0.5, 0.6) is 0 Å². The first-order chi connectivity index (χ1) is 13.1. The second kappa shape index (κ2) is 7.83. The number of aryl methyl sites for hydroxylation is 1. The van der Waals surface area contributed by atoms with Crippen LogP contribution in [0.2, 0.25) is 0 Å². The summed E-state index contributed by atoms with van der Waals surface area (Å²) < 4.78 is 40.3. The molecule has 2 fully saturated rings. The van der Waals surface area contributed by atoms with Gasteiger partial charge in [0.2, 0.25) is 10.0 Å². The molecule has 2 atom stereocenters. The first kappa shape index (κ1) is 18.8. The van der Waals surface area contributed by atoms with Gasteiger partial charge in [-0.1, -0.05) is 6.07 Å². The molecule has 0 N–H and O–H groups in total. The largest absolute Gasteiger partial charge is 0.377 e. The third kappa shape index (κ3) is 3.87. The number of fused-ring (bicyclic) bond motifs is 1. The standard InChI is InChI=1S/C20H26N2O4S/c1-15-8-9-19(18-7-2-10-21-20(15)18)27(23,24)22(13-16-5-3-11-25-16)14-17-6-4-12-26-17/h2,7-10,16-17H,3-6,11-14H2,1H3/t16-,17-/m1/s1. The Labute approximate surface area is 160 Å². The van der Waals surface area contributed by atoms with Gasteiger partial charge < -0.3 is 9.47 Å². The van der Waals surface area contributed by atoms with Crippen LogP contribution in [0.3, 0.4) is 0 Å². The molecule has 4 rings (SSSR count). The van der Waals surface area contributed by atoms with Gasteiger partial charge in [0, 0.05) is 37.9 Å². The molecule has 1 aromatic heterocycles. The van der Waals surface area contributed by atoms with Gasteiger partial charge in [-0.25, -0.2) is 8.42 Å². The van der Waals surface area contributed by atoms with Crippen molar-refractivity contribution >= 4 is 20.9 Å². The van der Waals surface area contributed by atoms with E-state index in [1.165, 1.54) is 0 Å².